The number of aliphatic imine (C=N–C) groups is 1. The summed E-state index contributed by atoms with van der Waals surface area (Å²) in [6.07, 6.45) is 0.166. The number of aliphatic hydroxyl groups is 1. The van der Waals surface area contributed by atoms with Gasteiger partial charge in [-0.05, 0) is 67.8 Å². The van der Waals surface area contributed by atoms with Crippen LogP contribution >= 0.6 is 11.3 Å². The van der Waals surface area contributed by atoms with E-state index >= 15 is 0 Å². The van der Waals surface area contributed by atoms with Gasteiger partial charge in [-0.3, -0.25) is 0 Å². The minimum absolute atomic E-state index is 0.166. The number of nitrogens with one attached hydrogen (secondary N) is 2. The molecule has 0 aliphatic carbocycles. The summed E-state index contributed by atoms with van der Waals surface area (Å²) in [4.78, 5) is 4.60. The number of thiophene rings is 1. The molecule has 0 amide bonds. The highest BCUT2D eigenvalue weighted by atomic mass is 32.1. The van der Waals surface area contributed by atoms with Gasteiger partial charge in [-0.1, -0.05) is 12.1 Å². The van der Waals surface area contributed by atoms with Crippen molar-refractivity contribution in [1.82, 2.24) is 10.6 Å². The van der Waals surface area contributed by atoms with Gasteiger partial charge in [0, 0.05) is 6.54 Å². The Morgan fingerprint density at radius 1 is 1.23 bits per heavy atom. The molecule has 2 rings (SSSR count). The summed E-state index contributed by atoms with van der Waals surface area (Å²) in [7, 11) is 0. The van der Waals surface area contributed by atoms with Crippen LogP contribution in [0.5, 0.6) is 5.75 Å². The molecule has 0 saturated heterocycles. The van der Waals surface area contributed by atoms with Crippen LogP contribution in [-0.4, -0.2) is 30.3 Å². The van der Waals surface area contributed by atoms with E-state index in [4.69, 9.17) is 4.74 Å². The van der Waals surface area contributed by atoms with Gasteiger partial charge in [0.05, 0.1) is 19.2 Å². The van der Waals surface area contributed by atoms with Crippen molar-refractivity contribution in [2.24, 2.45) is 4.99 Å². The maximum Gasteiger partial charge on any atom is 0.191 e. The molecule has 0 aliphatic rings. The van der Waals surface area contributed by atoms with Gasteiger partial charge < -0.3 is 20.5 Å². The van der Waals surface area contributed by atoms with Crippen molar-refractivity contribution in [3.8, 4) is 5.75 Å². The molecule has 1 aromatic heterocycles. The SMILES string of the molecule is CCNC(=NCc1ccc(OC(C)C)cc1)NCC(C)(O)c1ccsc1. The van der Waals surface area contributed by atoms with Crippen molar-refractivity contribution >= 4 is 17.3 Å². The Balaban J connectivity index is 1.95. The number of ether oxygens (including phenoxy) is 1. The van der Waals surface area contributed by atoms with E-state index in [1.165, 1.54) is 0 Å². The quantitative estimate of drug-likeness (QED) is 0.488. The molecule has 1 heterocycles. The Morgan fingerprint density at radius 3 is 2.54 bits per heavy atom. The molecule has 0 spiro atoms. The second-order valence-corrected chi connectivity index (χ2v) is 7.43. The number of nitrogens with zero attached hydrogens (tertiary/aromatic N) is 1. The van der Waals surface area contributed by atoms with Crippen LogP contribution < -0.4 is 15.4 Å². The average Bonchev–Trinajstić information content (AvgIpc) is 3.14. The molecular weight excluding hydrogens is 346 g/mol. The van der Waals surface area contributed by atoms with Crippen molar-refractivity contribution in [3.63, 3.8) is 0 Å². The predicted octanol–water partition coefficient (Wildman–Crippen LogP) is 3.50. The third kappa shape index (κ3) is 6.35. The fraction of sp³-hybridized carbons (Fsp3) is 0.450. The predicted molar refractivity (Wildman–Crippen MR) is 109 cm³/mol. The van der Waals surface area contributed by atoms with E-state index in [1.807, 2.05) is 61.9 Å². The molecule has 3 N–H and O–H groups in total. The van der Waals surface area contributed by atoms with E-state index in [0.717, 1.165) is 23.4 Å². The Labute approximate surface area is 160 Å². The summed E-state index contributed by atoms with van der Waals surface area (Å²) in [6, 6.07) is 9.91. The zero-order chi connectivity index (χ0) is 19.0. The van der Waals surface area contributed by atoms with Crippen LogP contribution in [0.1, 0.15) is 38.8 Å². The van der Waals surface area contributed by atoms with Gasteiger partial charge in [0.2, 0.25) is 0 Å². The van der Waals surface area contributed by atoms with E-state index in [-0.39, 0.29) is 6.10 Å². The fourth-order valence-corrected chi connectivity index (χ4v) is 3.17. The van der Waals surface area contributed by atoms with Crippen molar-refractivity contribution in [1.29, 1.82) is 0 Å². The zero-order valence-corrected chi connectivity index (χ0v) is 16.8. The first kappa shape index (κ1) is 20.3. The van der Waals surface area contributed by atoms with Crippen LogP contribution in [0, 0.1) is 0 Å². The lowest BCUT2D eigenvalue weighted by molar-refractivity contribution is 0.0621. The molecular formula is C20H29N3O2S. The highest BCUT2D eigenvalue weighted by Gasteiger charge is 2.23. The highest BCUT2D eigenvalue weighted by molar-refractivity contribution is 7.08. The molecule has 0 radical (unpaired) electrons. The molecule has 1 unspecified atom stereocenters. The van der Waals surface area contributed by atoms with Crippen molar-refractivity contribution < 1.29 is 9.84 Å². The van der Waals surface area contributed by atoms with E-state index in [0.29, 0.717) is 19.0 Å². The Bertz CT molecular complexity index is 680. The topological polar surface area (TPSA) is 65.9 Å². The molecule has 142 valence electrons. The maximum atomic E-state index is 10.6. The van der Waals surface area contributed by atoms with Gasteiger partial charge >= 0.3 is 0 Å². The molecule has 0 fully saturated rings. The number of benzene rings is 1. The molecule has 6 heteroatoms. The van der Waals surface area contributed by atoms with Crippen LogP contribution in [0.2, 0.25) is 0 Å². The first-order valence-electron chi connectivity index (χ1n) is 8.93. The summed E-state index contributed by atoms with van der Waals surface area (Å²) in [5, 5.41) is 21.0. The molecule has 2 aromatic rings. The van der Waals surface area contributed by atoms with Crippen molar-refractivity contribution in [3.05, 3.63) is 52.2 Å². The molecule has 1 atom stereocenters. The molecule has 5 nitrogen and oxygen atoms in total. The normalized spacial score (nSPS) is 14.2. The highest BCUT2D eigenvalue weighted by Crippen LogP contribution is 2.22. The van der Waals surface area contributed by atoms with Gasteiger partial charge in [-0.2, -0.15) is 11.3 Å². The Hall–Kier alpha value is -2.05. The summed E-state index contributed by atoms with van der Waals surface area (Å²) in [5.74, 6) is 1.55. The Kier molecular flexibility index (Phi) is 7.48. The maximum absolute atomic E-state index is 10.6. The lowest BCUT2D eigenvalue weighted by atomic mass is 9.99. The minimum Gasteiger partial charge on any atom is -0.491 e. The summed E-state index contributed by atoms with van der Waals surface area (Å²) < 4.78 is 5.66. The third-order valence-corrected chi connectivity index (χ3v) is 4.49. The van der Waals surface area contributed by atoms with Gasteiger partial charge in [0.15, 0.2) is 5.96 Å². The molecule has 0 saturated carbocycles. The van der Waals surface area contributed by atoms with Gasteiger partial charge in [0.25, 0.3) is 0 Å². The number of hydrogen-bond donors (Lipinski definition) is 3. The van der Waals surface area contributed by atoms with Gasteiger partial charge in [-0.25, -0.2) is 4.99 Å². The summed E-state index contributed by atoms with van der Waals surface area (Å²) in [5.41, 5.74) is 1.07. The first-order valence-corrected chi connectivity index (χ1v) is 9.88. The first-order chi connectivity index (χ1) is 12.4. The van der Waals surface area contributed by atoms with E-state index in [1.54, 1.807) is 18.3 Å². The van der Waals surface area contributed by atoms with Crippen LogP contribution in [0.15, 0.2) is 46.1 Å². The lowest BCUT2D eigenvalue weighted by Gasteiger charge is -2.24. The van der Waals surface area contributed by atoms with Crippen LogP contribution in [0.3, 0.4) is 0 Å². The van der Waals surface area contributed by atoms with Crippen LogP contribution in [0.4, 0.5) is 0 Å². The number of guanidine groups is 1. The average molecular weight is 376 g/mol. The third-order valence-electron chi connectivity index (χ3n) is 3.80. The van der Waals surface area contributed by atoms with E-state index < -0.39 is 5.60 Å². The monoisotopic (exact) mass is 375 g/mol. The standard InChI is InChI=1S/C20H29N3O2S/c1-5-21-19(23-14-20(4,24)17-10-11-26-13-17)22-12-16-6-8-18(9-7-16)25-15(2)3/h6-11,13,15,24H,5,12,14H2,1-4H3,(H2,21,22,23). The van der Waals surface area contributed by atoms with Gasteiger partial charge in [0.1, 0.15) is 11.4 Å². The largest absolute Gasteiger partial charge is 0.491 e. The molecule has 1 aromatic carbocycles. The minimum atomic E-state index is -0.938. The zero-order valence-electron chi connectivity index (χ0n) is 16.0. The van der Waals surface area contributed by atoms with Crippen molar-refractivity contribution in [2.75, 3.05) is 13.1 Å². The smallest absolute Gasteiger partial charge is 0.191 e. The molecule has 26 heavy (non-hydrogen) atoms. The summed E-state index contributed by atoms with van der Waals surface area (Å²) in [6.45, 7) is 9.54. The number of rotatable bonds is 8. The van der Waals surface area contributed by atoms with E-state index in [9.17, 15) is 5.11 Å². The lowest BCUT2D eigenvalue weighted by Crippen LogP contribution is -2.44. The Morgan fingerprint density at radius 2 is 1.96 bits per heavy atom. The number of hydrogen-bond acceptors (Lipinski definition) is 4. The van der Waals surface area contributed by atoms with E-state index in [2.05, 4.69) is 15.6 Å². The molecule has 0 bridgehead atoms. The second kappa shape index (κ2) is 9.59. The summed E-state index contributed by atoms with van der Waals surface area (Å²) >= 11 is 1.58. The van der Waals surface area contributed by atoms with Crippen LogP contribution in [0.25, 0.3) is 0 Å². The van der Waals surface area contributed by atoms with Crippen molar-refractivity contribution in [2.45, 2.75) is 45.9 Å². The van der Waals surface area contributed by atoms with Crippen LogP contribution in [-0.2, 0) is 12.1 Å². The van der Waals surface area contributed by atoms with Gasteiger partial charge in [-0.15, -0.1) is 0 Å². The molecule has 0 aliphatic heterocycles. The fourth-order valence-electron chi connectivity index (χ4n) is 2.39. The second-order valence-electron chi connectivity index (χ2n) is 6.65.